The summed E-state index contributed by atoms with van der Waals surface area (Å²) in [5, 5.41) is 12.1. The van der Waals surface area contributed by atoms with E-state index < -0.39 is 0 Å². The average Bonchev–Trinajstić information content (AvgIpc) is 2.79. The van der Waals surface area contributed by atoms with Gasteiger partial charge < -0.3 is 10.3 Å². The van der Waals surface area contributed by atoms with E-state index in [0.29, 0.717) is 11.5 Å². The van der Waals surface area contributed by atoms with Gasteiger partial charge in [-0.25, -0.2) is 4.98 Å². The second-order valence-corrected chi connectivity index (χ2v) is 4.98. The van der Waals surface area contributed by atoms with Crippen LogP contribution in [-0.2, 0) is 0 Å². The summed E-state index contributed by atoms with van der Waals surface area (Å²) in [6.45, 7) is 0. The van der Waals surface area contributed by atoms with Crippen LogP contribution in [0.2, 0.25) is 0 Å². The van der Waals surface area contributed by atoms with Crippen LogP contribution < -0.4 is 5.32 Å². The zero-order chi connectivity index (χ0) is 13.2. The molecule has 0 aliphatic rings. The molecular formula is C14H9BrN4. The van der Waals surface area contributed by atoms with Crippen LogP contribution in [0.4, 0.5) is 11.6 Å². The van der Waals surface area contributed by atoms with Crippen LogP contribution in [-0.4, -0.2) is 9.97 Å². The van der Waals surface area contributed by atoms with Crippen LogP contribution in [0.5, 0.6) is 0 Å². The largest absolute Gasteiger partial charge is 0.326 e. The number of rotatable bonds is 2. The van der Waals surface area contributed by atoms with Crippen LogP contribution >= 0.6 is 15.9 Å². The normalized spacial score (nSPS) is 10.3. The topological polar surface area (TPSA) is 64.5 Å². The highest BCUT2D eigenvalue weighted by atomic mass is 79.9. The van der Waals surface area contributed by atoms with Crippen molar-refractivity contribution in [1.29, 1.82) is 5.26 Å². The van der Waals surface area contributed by atoms with Gasteiger partial charge in [0.25, 0.3) is 0 Å². The van der Waals surface area contributed by atoms with Crippen molar-refractivity contribution in [2.75, 3.05) is 5.32 Å². The monoisotopic (exact) mass is 312 g/mol. The molecule has 0 saturated carbocycles. The van der Waals surface area contributed by atoms with E-state index in [2.05, 4.69) is 37.3 Å². The van der Waals surface area contributed by atoms with Gasteiger partial charge in [-0.3, -0.25) is 0 Å². The predicted octanol–water partition coefficient (Wildman–Crippen LogP) is 3.94. The molecule has 2 aromatic carbocycles. The predicted molar refractivity (Wildman–Crippen MR) is 78.2 cm³/mol. The van der Waals surface area contributed by atoms with Gasteiger partial charge in [0, 0.05) is 10.2 Å². The first-order valence-corrected chi connectivity index (χ1v) is 6.46. The molecule has 0 radical (unpaired) electrons. The maximum Gasteiger partial charge on any atom is 0.205 e. The van der Waals surface area contributed by atoms with E-state index in [0.717, 1.165) is 21.2 Å². The maximum absolute atomic E-state index is 8.86. The molecule has 92 valence electrons. The minimum atomic E-state index is 0.616. The van der Waals surface area contributed by atoms with Crippen molar-refractivity contribution in [1.82, 2.24) is 9.97 Å². The van der Waals surface area contributed by atoms with Crippen LogP contribution in [0.3, 0.4) is 0 Å². The number of aromatic amines is 1. The number of imidazole rings is 1. The lowest BCUT2D eigenvalue weighted by Crippen LogP contribution is -1.91. The van der Waals surface area contributed by atoms with Crippen LogP contribution in [0.1, 0.15) is 5.56 Å². The number of anilines is 2. The average molecular weight is 313 g/mol. The van der Waals surface area contributed by atoms with Crippen molar-refractivity contribution in [2.45, 2.75) is 0 Å². The molecule has 1 heterocycles. The quantitative estimate of drug-likeness (QED) is 0.753. The van der Waals surface area contributed by atoms with Gasteiger partial charge >= 0.3 is 0 Å². The SMILES string of the molecule is N#Cc1ccc2nc(Nc3cccc(Br)c3)[nH]c2c1. The van der Waals surface area contributed by atoms with Crippen molar-refractivity contribution >= 4 is 38.6 Å². The Kier molecular flexibility index (Phi) is 2.94. The molecule has 0 aliphatic carbocycles. The molecule has 0 saturated heterocycles. The molecule has 0 atom stereocenters. The number of nitrogens with one attached hydrogen (secondary N) is 2. The Bertz CT molecular complexity index is 785. The van der Waals surface area contributed by atoms with Crippen LogP contribution in [0, 0.1) is 11.3 Å². The number of nitriles is 1. The van der Waals surface area contributed by atoms with Crippen LogP contribution in [0.25, 0.3) is 11.0 Å². The summed E-state index contributed by atoms with van der Waals surface area (Å²) in [5.74, 6) is 0.656. The summed E-state index contributed by atoms with van der Waals surface area (Å²) < 4.78 is 1.00. The minimum absolute atomic E-state index is 0.616. The Labute approximate surface area is 118 Å². The molecule has 3 rings (SSSR count). The third kappa shape index (κ3) is 2.44. The van der Waals surface area contributed by atoms with Gasteiger partial charge in [0.2, 0.25) is 5.95 Å². The summed E-state index contributed by atoms with van der Waals surface area (Å²) in [6, 6.07) is 15.3. The smallest absolute Gasteiger partial charge is 0.205 e. The van der Waals surface area contributed by atoms with Crippen molar-refractivity contribution in [3.8, 4) is 6.07 Å². The first-order valence-electron chi connectivity index (χ1n) is 5.67. The summed E-state index contributed by atoms with van der Waals surface area (Å²) >= 11 is 3.42. The number of nitrogens with zero attached hydrogens (tertiary/aromatic N) is 2. The molecule has 4 nitrogen and oxygen atoms in total. The van der Waals surface area contributed by atoms with Gasteiger partial charge in [0.1, 0.15) is 0 Å². The molecular weight excluding hydrogens is 304 g/mol. The number of hydrogen-bond donors (Lipinski definition) is 2. The summed E-state index contributed by atoms with van der Waals surface area (Å²) in [7, 11) is 0. The van der Waals surface area contributed by atoms with E-state index in [9.17, 15) is 0 Å². The Morgan fingerprint density at radius 2 is 2.11 bits per heavy atom. The standard InChI is InChI=1S/C14H9BrN4/c15-10-2-1-3-11(7-10)17-14-18-12-5-4-9(8-16)6-13(12)19-14/h1-7H,(H2,17,18,19). The lowest BCUT2D eigenvalue weighted by Gasteiger charge is -2.02. The number of benzene rings is 2. The Morgan fingerprint density at radius 3 is 2.89 bits per heavy atom. The molecule has 5 heteroatoms. The molecule has 3 aromatic rings. The fourth-order valence-corrected chi connectivity index (χ4v) is 2.24. The number of aromatic nitrogens is 2. The van der Waals surface area contributed by atoms with E-state index in [1.807, 2.05) is 30.3 Å². The van der Waals surface area contributed by atoms with E-state index in [1.165, 1.54) is 0 Å². The molecule has 0 bridgehead atoms. The lowest BCUT2D eigenvalue weighted by atomic mass is 10.2. The molecule has 0 spiro atoms. The van der Waals surface area contributed by atoms with E-state index in [-0.39, 0.29) is 0 Å². The zero-order valence-electron chi connectivity index (χ0n) is 9.81. The van der Waals surface area contributed by atoms with Gasteiger partial charge in [0.05, 0.1) is 22.7 Å². The molecule has 1 aromatic heterocycles. The second-order valence-electron chi connectivity index (χ2n) is 4.06. The van der Waals surface area contributed by atoms with Gasteiger partial charge in [0.15, 0.2) is 0 Å². The second kappa shape index (κ2) is 4.75. The number of halogens is 1. The van der Waals surface area contributed by atoms with E-state index in [4.69, 9.17) is 5.26 Å². The Hall–Kier alpha value is -2.32. The van der Waals surface area contributed by atoms with Gasteiger partial charge in [-0.15, -0.1) is 0 Å². The zero-order valence-corrected chi connectivity index (χ0v) is 11.4. The highest BCUT2D eigenvalue weighted by molar-refractivity contribution is 9.10. The van der Waals surface area contributed by atoms with Crippen molar-refractivity contribution < 1.29 is 0 Å². The maximum atomic E-state index is 8.86. The van der Waals surface area contributed by atoms with Gasteiger partial charge in [-0.05, 0) is 36.4 Å². The third-order valence-corrected chi connectivity index (χ3v) is 3.19. The van der Waals surface area contributed by atoms with Crippen molar-refractivity contribution in [3.63, 3.8) is 0 Å². The highest BCUT2D eigenvalue weighted by Gasteiger charge is 2.04. The van der Waals surface area contributed by atoms with Crippen LogP contribution in [0.15, 0.2) is 46.9 Å². The first-order chi connectivity index (χ1) is 9.24. The molecule has 0 amide bonds. The van der Waals surface area contributed by atoms with Crippen molar-refractivity contribution in [3.05, 3.63) is 52.5 Å². The number of H-pyrrole nitrogens is 1. The number of fused-ring (bicyclic) bond motifs is 1. The van der Waals surface area contributed by atoms with E-state index >= 15 is 0 Å². The number of hydrogen-bond acceptors (Lipinski definition) is 3. The summed E-state index contributed by atoms with van der Waals surface area (Å²) in [4.78, 5) is 7.57. The summed E-state index contributed by atoms with van der Waals surface area (Å²) in [6.07, 6.45) is 0. The molecule has 0 fully saturated rings. The third-order valence-electron chi connectivity index (χ3n) is 2.70. The fourth-order valence-electron chi connectivity index (χ4n) is 1.84. The molecule has 2 N–H and O–H groups in total. The fraction of sp³-hybridized carbons (Fsp3) is 0. The first kappa shape index (κ1) is 11.8. The Morgan fingerprint density at radius 1 is 1.21 bits per heavy atom. The van der Waals surface area contributed by atoms with Crippen molar-refractivity contribution in [2.24, 2.45) is 0 Å². The molecule has 0 unspecified atom stereocenters. The lowest BCUT2D eigenvalue weighted by molar-refractivity contribution is 1.31. The molecule has 0 aliphatic heterocycles. The van der Waals surface area contributed by atoms with Gasteiger partial charge in [-0.2, -0.15) is 5.26 Å². The molecule has 19 heavy (non-hydrogen) atoms. The van der Waals surface area contributed by atoms with Gasteiger partial charge in [-0.1, -0.05) is 22.0 Å². The minimum Gasteiger partial charge on any atom is -0.326 e. The summed E-state index contributed by atoms with van der Waals surface area (Å²) in [5.41, 5.74) is 3.23. The Balaban J connectivity index is 1.96. The highest BCUT2D eigenvalue weighted by Crippen LogP contribution is 2.21. The van der Waals surface area contributed by atoms with E-state index in [1.54, 1.807) is 12.1 Å².